The molecule has 0 aliphatic carbocycles. The summed E-state index contributed by atoms with van der Waals surface area (Å²) in [4.78, 5) is 20.9. The van der Waals surface area contributed by atoms with E-state index in [0.29, 0.717) is 56.4 Å². The lowest BCUT2D eigenvalue weighted by Crippen LogP contribution is -2.48. The van der Waals surface area contributed by atoms with Crippen LogP contribution in [0.2, 0.25) is 0 Å². The smallest absolute Gasteiger partial charge is 0.241 e. The standard InChI is InChI=1S/C23H24F2N4O3/c1-31-18-6-4-17(5-7-18)23-26-21(32-27-23)15-28-10-12-29(13-11-28)22(30)9-3-16-2-8-19(24)20(25)14-16/h2,4-8,14H,3,9-13,15H2,1H3. The maximum atomic E-state index is 13.3. The molecule has 0 bridgehead atoms. The van der Waals surface area contributed by atoms with E-state index in [9.17, 15) is 13.6 Å². The molecule has 0 atom stereocenters. The fourth-order valence-electron chi connectivity index (χ4n) is 3.63. The minimum Gasteiger partial charge on any atom is -0.497 e. The molecule has 2 heterocycles. The highest BCUT2D eigenvalue weighted by Crippen LogP contribution is 2.20. The van der Waals surface area contributed by atoms with Gasteiger partial charge in [0.25, 0.3) is 0 Å². The third-order valence-electron chi connectivity index (χ3n) is 5.51. The molecule has 7 nitrogen and oxygen atoms in total. The molecule has 1 amide bonds. The number of piperazine rings is 1. The van der Waals surface area contributed by atoms with Gasteiger partial charge in [-0.05, 0) is 48.4 Å². The lowest BCUT2D eigenvalue weighted by atomic mass is 10.1. The first-order valence-corrected chi connectivity index (χ1v) is 10.4. The lowest BCUT2D eigenvalue weighted by Gasteiger charge is -2.34. The monoisotopic (exact) mass is 442 g/mol. The van der Waals surface area contributed by atoms with Crippen molar-refractivity contribution < 1.29 is 22.8 Å². The number of carbonyl (C=O) groups is 1. The average Bonchev–Trinajstić information content (AvgIpc) is 3.28. The van der Waals surface area contributed by atoms with Crippen molar-refractivity contribution in [2.45, 2.75) is 19.4 Å². The van der Waals surface area contributed by atoms with Crippen LogP contribution in [0.1, 0.15) is 17.9 Å². The summed E-state index contributed by atoms with van der Waals surface area (Å²) in [5.41, 5.74) is 1.46. The zero-order valence-corrected chi connectivity index (χ0v) is 17.8. The number of ether oxygens (including phenoxy) is 1. The Labute approximate surface area is 184 Å². The zero-order chi connectivity index (χ0) is 22.5. The summed E-state index contributed by atoms with van der Waals surface area (Å²) < 4.78 is 36.9. The molecule has 2 aromatic carbocycles. The molecule has 0 N–H and O–H groups in total. The van der Waals surface area contributed by atoms with Crippen molar-refractivity contribution in [1.29, 1.82) is 0 Å². The van der Waals surface area contributed by atoms with Crippen molar-refractivity contribution in [2.75, 3.05) is 33.3 Å². The molecule has 168 valence electrons. The number of carbonyl (C=O) groups excluding carboxylic acids is 1. The van der Waals surface area contributed by atoms with Crippen molar-refractivity contribution in [3.05, 3.63) is 65.6 Å². The molecule has 9 heteroatoms. The number of methoxy groups -OCH3 is 1. The summed E-state index contributed by atoms with van der Waals surface area (Å²) in [6.07, 6.45) is 0.645. The van der Waals surface area contributed by atoms with E-state index in [2.05, 4.69) is 15.0 Å². The van der Waals surface area contributed by atoms with Gasteiger partial charge in [-0.25, -0.2) is 8.78 Å². The Morgan fingerprint density at radius 1 is 1.06 bits per heavy atom. The number of nitrogens with zero attached hydrogens (tertiary/aromatic N) is 4. The second-order valence-corrected chi connectivity index (χ2v) is 7.65. The predicted octanol–water partition coefficient (Wildman–Crippen LogP) is 3.30. The molecular weight excluding hydrogens is 418 g/mol. The van der Waals surface area contributed by atoms with E-state index < -0.39 is 11.6 Å². The average molecular weight is 442 g/mol. The van der Waals surface area contributed by atoms with Crippen LogP contribution in [0.25, 0.3) is 11.4 Å². The first-order chi connectivity index (χ1) is 15.5. The second-order valence-electron chi connectivity index (χ2n) is 7.65. The minimum absolute atomic E-state index is 0.00830. The first-order valence-electron chi connectivity index (χ1n) is 10.4. The van der Waals surface area contributed by atoms with Gasteiger partial charge in [0.2, 0.25) is 17.6 Å². The molecule has 1 aromatic heterocycles. The summed E-state index contributed by atoms with van der Waals surface area (Å²) in [7, 11) is 1.61. The van der Waals surface area contributed by atoms with Crippen LogP contribution in [0.4, 0.5) is 8.78 Å². The Balaban J connectivity index is 1.24. The molecule has 0 radical (unpaired) electrons. The Morgan fingerprint density at radius 2 is 1.81 bits per heavy atom. The van der Waals surface area contributed by atoms with Gasteiger partial charge in [0.05, 0.1) is 13.7 Å². The molecule has 1 fully saturated rings. The van der Waals surface area contributed by atoms with Crippen molar-refractivity contribution in [2.24, 2.45) is 0 Å². The van der Waals surface area contributed by atoms with Crippen LogP contribution in [-0.4, -0.2) is 59.1 Å². The van der Waals surface area contributed by atoms with Crippen LogP contribution in [0.3, 0.4) is 0 Å². The van der Waals surface area contributed by atoms with Crippen LogP contribution in [0, 0.1) is 11.6 Å². The Hall–Kier alpha value is -3.33. The van der Waals surface area contributed by atoms with Crippen molar-refractivity contribution in [3.63, 3.8) is 0 Å². The number of aromatic nitrogens is 2. The maximum Gasteiger partial charge on any atom is 0.241 e. The van der Waals surface area contributed by atoms with Crippen molar-refractivity contribution in [3.8, 4) is 17.1 Å². The van der Waals surface area contributed by atoms with Gasteiger partial charge in [0.1, 0.15) is 5.75 Å². The molecule has 0 saturated carbocycles. The number of hydrogen-bond donors (Lipinski definition) is 0. The van der Waals surface area contributed by atoms with Gasteiger partial charge in [-0.2, -0.15) is 4.98 Å². The molecule has 4 rings (SSSR count). The van der Waals surface area contributed by atoms with Gasteiger partial charge in [-0.3, -0.25) is 9.69 Å². The predicted molar refractivity (Wildman–Crippen MR) is 113 cm³/mol. The number of rotatable bonds is 7. The van der Waals surface area contributed by atoms with E-state index in [4.69, 9.17) is 9.26 Å². The molecule has 1 aliphatic rings. The molecule has 32 heavy (non-hydrogen) atoms. The number of aryl methyl sites for hydroxylation is 1. The third kappa shape index (κ3) is 5.28. The number of benzene rings is 2. The fourth-order valence-corrected chi connectivity index (χ4v) is 3.63. The van der Waals surface area contributed by atoms with Gasteiger partial charge in [-0.1, -0.05) is 11.2 Å². The summed E-state index contributed by atoms with van der Waals surface area (Å²) in [5.74, 6) is 0.0413. The topological polar surface area (TPSA) is 71.7 Å². The molecule has 1 saturated heterocycles. The van der Waals surface area contributed by atoms with Gasteiger partial charge >= 0.3 is 0 Å². The number of amides is 1. The Bertz CT molecular complexity index is 1060. The summed E-state index contributed by atoms with van der Waals surface area (Å²) in [5, 5.41) is 4.05. The van der Waals surface area contributed by atoms with E-state index in [1.165, 1.54) is 6.07 Å². The maximum absolute atomic E-state index is 13.3. The number of hydrogen-bond acceptors (Lipinski definition) is 6. The zero-order valence-electron chi connectivity index (χ0n) is 17.8. The van der Waals surface area contributed by atoms with E-state index in [1.54, 1.807) is 12.0 Å². The van der Waals surface area contributed by atoms with Crippen molar-refractivity contribution in [1.82, 2.24) is 19.9 Å². The highest BCUT2D eigenvalue weighted by Gasteiger charge is 2.22. The summed E-state index contributed by atoms with van der Waals surface area (Å²) in [6.45, 7) is 3.08. The molecule has 0 unspecified atom stereocenters. The van der Waals surface area contributed by atoms with E-state index in [0.717, 1.165) is 23.4 Å². The first kappa shape index (κ1) is 21.9. The highest BCUT2D eigenvalue weighted by atomic mass is 19.2. The Kier molecular flexibility index (Phi) is 6.75. The largest absolute Gasteiger partial charge is 0.497 e. The van der Waals surface area contributed by atoms with Gasteiger partial charge in [-0.15, -0.1) is 0 Å². The highest BCUT2D eigenvalue weighted by molar-refractivity contribution is 5.76. The quantitative estimate of drug-likeness (QED) is 0.559. The fraction of sp³-hybridized carbons (Fsp3) is 0.348. The molecule has 1 aliphatic heterocycles. The molecular formula is C23H24F2N4O3. The Morgan fingerprint density at radius 3 is 2.50 bits per heavy atom. The molecule has 0 spiro atoms. The third-order valence-corrected chi connectivity index (χ3v) is 5.51. The van der Waals surface area contributed by atoms with Gasteiger partial charge in [0, 0.05) is 38.2 Å². The second kappa shape index (κ2) is 9.86. The normalized spacial score (nSPS) is 14.5. The van der Waals surface area contributed by atoms with Crippen LogP contribution < -0.4 is 4.74 Å². The van der Waals surface area contributed by atoms with E-state index >= 15 is 0 Å². The van der Waals surface area contributed by atoms with Crippen LogP contribution >= 0.6 is 0 Å². The summed E-state index contributed by atoms with van der Waals surface area (Å²) >= 11 is 0. The summed E-state index contributed by atoms with van der Waals surface area (Å²) in [6, 6.07) is 11.2. The minimum atomic E-state index is -0.889. The number of halogens is 2. The van der Waals surface area contributed by atoms with Crippen LogP contribution in [0.5, 0.6) is 5.75 Å². The van der Waals surface area contributed by atoms with E-state index in [-0.39, 0.29) is 12.3 Å². The van der Waals surface area contributed by atoms with E-state index in [1.807, 2.05) is 24.3 Å². The van der Waals surface area contributed by atoms with Crippen molar-refractivity contribution >= 4 is 5.91 Å². The molecule has 3 aromatic rings. The van der Waals surface area contributed by atoms with Crippen LogP contribution in [0.15, 0.2) is 47.0 Å². The lowest BCUT2D eigenvalue weighted by molar-refractivity contribution is -0.133. The SMILES string of the molecule is COc1ccc(-c2noc(CN3CCN(C(=O)CCc4ccc(F)c(F)c4)CC3)n2)cc1. The van der Waals surface area contributed by atoms with Crippen LogP contribution in [-0.2, 0) is 17.8 Å². The van der Waals surface area contributed by atoms with Gasteiger partial charge in [0.15, 0.2) is 11.6 Å². The van der Waals surface area contributed by atoms with Gasteiger partial charge < -0.3 is 14.2 Å².